The molecule has 1 aliphatic rings. The molecule has 0 aliphatic carbocycles. The molecule has 2 rings (SSSR count). The molecule has 1 aliphatic heterocycles. The van der Waals surface area contributed by atoms with Crippen LogP contribution >= 0.6 is 0 Å². The third kappa shape index (κ3) is 2.35. The molecule has 1 aromatic rings. The summed E-state index contributed by atoms with van der Waals surface area (Å²) >= 11 is 0. The van der Waals surface area contributed by atoms with Crippen molar-refractivity contribution in [3.05, 3.63) is 29.6 Å². The third-order valence-electron chi connectivity index (χ3n) is 3.10. The minimum Gasteiger partial charge on any atom is -0.367 e. The number of hydrogen-bond donors (Lipinski definition) is 1. The molecule has 1 fully saturated rings. The van der Waals surface area contributed by atoms with Crippen molar-refractivity contribution in [3.8, 4) is 0 Å². The Morgan fingerprint density at radius 1 is 1.44 bits per heavy atom. The summed E-state index contributed by atoms with van der Waals surface area (Å²) in [5.74, 6) is -0.103. The summed E-state index contributed by atoms with van der Waals surface area (Å²) in [4.78, 5) is 2.16. The van der Waals surface area contributed by atoms with Crippen LogP contribution in [0, 0.1) is 12.7 Å². The van der Waals surface area contributed by atoms with Crippen LogP contribution in [-0.2, 0) is 0 Å². The average molecular weight is 222 g/mol. The second-order valence-electron chi connectivity index (χ2n) is 4.56. The van der Waals surface area contributed by atoms with Gasteiger partial charge in [-0.2, -0.15) is 0 Å². The van der Waals surface area contributed by atoms with E-state index in [1.165, 1.54) is 0 Å². The van der Waals surface area contributed by atoms with Crippen LogP contribution < -0.4 is 10.2 Å². The largest absolute Gasteiger partial charge is 0.367 e. The lowest BCUT2D eigenvalue weighted by Gasteiger charge is -2.26. The first-order valence-electron chi connectivity index (χ1n) is 5.92. The Morgan fingerprint density at radius 2 is 2.25 bits per heavy atom. The fourth-order valence-corrected chi connectivity index (χ4v) is 2.33. The summed E-state index contributed by atoms with van der Waals surface area (Å²) in [7, 11) is 0. The zero-order valence-electron chi connectivity index (χ0n) is 9.96. The zero-order valence-corrected chi connectivity index (χ0v) is 9.96. The Kier molecular flexibility index (Phi) is 3.44. The van der Waals surface area contributed by atoms with Crippen LogP contribution in [0.3, 0.4) is 0 Å². The molecule has 16 heavy (non-hydrogen) atoms. The van der Waals surface area contributed by atoms with E-state index in [1.54, 1.807) is 12.1 Å². The predicted octanol–water partition coefficient (Wildman–Crippen LogP) is 2.32. The summed E-state index contributed by atoms with van der Waals surface area (Å²) < 4.78 is 13.8. The van der Waals surface area contributed by atoms with E-state index in [2.05, 4.69) is 17.1 Å². The summed E-state index contributed by atoms with van der Waals surface area (Å²) in [6.45, 7) is 6.95. The van der Waals surface area contributed by atoms with Gasteiger partial charge < -0.3 is 10.2 Å². The highest BCUT2D eigenvalue weighted by Gasteiger charge is 2.18. The van der Waals surface area contributed by atoms with Gasteiger partial charge in [0.2, 0.25) is 0 Å². The van der Waals surface area contributed by atoms with Crippen LogP contribution in [0.4, 0.5) is 10.1 Å². The summed E-state index contributed by atoms with van der Waals surface area (Å²) in [5.41, 5.74) is 1.80. The SMILES string of the molecule is Cc1cccc(F)c1N1CCCNC(C)C1. The van der Waals surface area contributed by atoms with Crippen LogP contribution in [-0.4, -0.2) is 25.7 Å². The molecule has 0 spiro atoms. The normalized spacial score (nSPS) is 21.9. The number of rotatable bonds is 1. The number of hydrogen-bond acceptors (Lipinski definition) is 2. The molecule has 0 bridgehead atoms. The van der Waals surface area contributed by atoms with Crippen molar-refractivity contribution in [2.45, 2.75) is 26.3 Å². The van der Waals surface area contributed by atoms with E-state index in [4.69, 9.17) is 0 Å². The monoisotopic (exact) mass is 222 g/mol. The quantitative estimate of drug-likeness (QED) is 0.784. The molecular weight excluding hydrogens is 203 g/mol. The molecule has 1 atom stereocenters. The zero-order chi connectivity index (χ0) is 11.5. The Balaban J connectivity index is 2.28. The number of nitrogens with one attached hydrogen (secondary N) is 1. The first-order chi connectivity index (χ1) is 7.68. The van der Waals surface area contributed by atoms with E-state index in [-0.39, 0.29) is 5.82 Å². The second kappa shape index (κ2) is 4.83. The van der Waals surface area contributed by atoms with Gasteiger partial charge in [-0.1, -0.05) is 12.1 Å². The Morgan fingerprint density at radius 3 is 3.00 bits per heavy atom. The minimum absolute atomic E-state index is 0.103. The van der Waals surface area contributed by atoms with Crippen molar-refractivity contribution in [1.82, 2.24) is 5.32 Å². The van der Waals surface area contributed by atoms with Gasteiger partial charge in [0.05, 0.1) is 5.69 Å². The number of nitrogens with zero attached hydrogens (tertiary/aromatic N) is 1. The Bertz CT molecular complexity index is 345. The van der Waals surface area contributed by atoms with Crippen molar-refractivity contribution in [2.24, 2.45) is 0 Å². The van der Waals surface area contributed by atoms with Gasteiger partial charge in [0.25, 0.3) is 0 Å². The van der Waals surface area contributed by atoms with Crippen LogP contribution in [0.1, 0.15) is 18.9 Å². The number of aryl methyl sites for hydroxylation is 1. The van der Waals surface area contributed by atoms with E-state index >= 15 is 0 Å². The van der Waals surface area contributed by atoms with Gasteiger partial charge in [-0.05, 0) is 38.4 Å². The van der Waals surface area contributed by atoms with Gasteiger partial charge in [0.15, 0.2) is 0 Å². The van der Waals surface area contributed by atoms with Gasteiger partial charge in [-0.3, -0.25) is 0 Å². The maximum absolute atomic E-state index is 13.8. The third-order valence-corrected chi connectivity index (χ3v) is 3.10. The van der Waals surface area contributed by atoms with Crippen molar-refractivity contribution in [3.63, 3.8) is 0 Å². The van der Waals surface area contributed by atoms with Gasteiger partial charge in [-0.25, -0.2) is 4.39 Å². The van der Waals surface area contributed by atoms with E-state index in [9.17, 15) is 4.39 Å². The Hall–Kier alpha value is -1.09. The standard InChI is InChI=1S/C13H19FN2/c1-10-5-3-6-12(14)13(10)16-8-4-7-15-11(2)9-16/h3,5-6,11,15H,4,7-9H2,1-2H3. The van der Waals surface area contributed by atoms with Gasteiger partial charge in [0, 0.05) is 19.1 Å². The molecule has 1 heterocycles. The second-order valence-corrected chi connectivity index (χ2v) is 4.56. The van der Waals surface area contributed by atoms with E-state index < -0.39 is 0 Å². The highest BCUT2D eigenvalue weighted by atomic mass is 19.1. The summed E-state index contributed by atoms with van der Waals surface area (Å²) in [5, 5.41) is 3.42. The van der Waals surface area contributed by atoms with Gasteiger partial charge in [-0.15, -0.1) is 0 Å². The van der Waals surface area contributed by atoms with Gasteiger partial charge in [0.1, 0.15) is 5.82 Å². The number of anilines is 1. The summed E-state index contributed by atoms with van der Waals surface area (Å²) in [6.07, 6.45) is 1.07. The van der Waals surface area contributed by atoms with Gasteiger partial charge >= 0.3 is 0 Å². The smallest absolute Gasteiger partial charge is 0.146 e. The van der Waals surface area contributed by atoms with Crippen molar-refractivity contribution < 1.29 is 4.39 Å². The first-order valence-corrected chi connectivity index (χ1v) is 5.92. The molecule has 2 nitrogen and oxygen atoms in total. The lowest BCUT2D eigenvalue weighted by molar-refractivity contribution is 0.577. The molecule has 1 aromatic carbocycles. The molecule has 3 heteroatoms. The lowest BCUT2D eigenvalue weighted by atomic mass is 10.1. The van der Waals surface area contributed by atoms with Crippen molar-refractivity contribution >= 4 is 5.69 Å². The van der Waals surface area contributed by atoms with Crippen molar-refractivity contribution in [2.75, 3.05) is 24.5 Å². The fourth-order valence-electron chi connectivity index (χ4n) is 2.33. The van der Waals surface area contributed by atoms with E-state index in [0.29, 0.717) is 6.04 Å². The molecule has 1 saturated heterocycles. The molecule has 1 N–H and O–H groups in total. The highest BCUT2D eigenvalue weighted by molar-refractivity contribution is 5.54. The Labute approximate surface area is 96.5 Å². The van der Waals surface area contributed by atoms with Crippen LogP contribution in [0.2, 0.25) is 0 Å². The highest BCUT2D eigenvalue weighted by Crippen LogP contribution is 2.24. The molecule has 88 valence electrons. The van der Waals surface area contributed by atoms with E-state index in [0.717, 1.165) is 37.3 Å². The topological polar surface area (TPSA) is 15.3 Å². The first kappa shape index (κ1) is 11.4. The van der Waals surface area contributed by atoms with E-state index in [1.807, 2.05) is 13.0 Å². The minimum atomic E-state index is -0.103. The predicted molar refractivity (Wildman–Crippen MR) is 65.4 cm³/mol. The molecule has 0 radical (unpaired) electrons. The molecule has 0 aromatic heterocycles. The fraction of sp³-hybridized carbons (Fsp3) is 0.538. The van der Waals surface area contributed by atoms with Crippen LogP contribution in [0.15, 0.2) is 18.2 Å². The van der Waals surface area contributed by atoms with Crippen LogP contribution in [0.5, 0.6) is 0 Å². The number of benzene rings is 1. The number of para-hydroxylation sites is 1. The molecule has 0 saturated carbocycles. The summed E-state index contributed by atoms with van der Waals surface area (Å²) in [6, 6.07) is 5.71. The maximum Gasteiger partial charge on any atom is 0.146 e. The van der Waals surface area contributed by atoms with Crippen molar-refractivity contribution in [1.29, 1.82) is 0 Å². The lowest BCUT2D eigenvalue weighted by Crippen LogP contribution is -2.36. The maximum atomic E-state index is 13.8. The number of halogens is 1. The molecule has 0 amide bonds. The molecule has 1 unspecified atom stereocenters. The van der Waals surface area contributed by atoms with Crippen LogP contribution in [0.25, 0.3) is 0 Å². The average Bonchev–Trinajstić information content (AvgIpc) is 2.43. The molecular formula is C13H19FN2.